The van der Waals surface area contributed by atoms with Crippen molar-refractivity contribution in [3.8, 4) is 0 Å². The monoisotopic (exact) mass is 501 g/mol. The van der Waals surface area contributed by atoms with Crippen LogP contribution in [0.15, 0.2) is 0 Å². The maximum absolute atomic E-state index is 7.56. The lowest BCUT2D eigenvalue weighted by Gasteiger charge is -2.08. The summed E-state index contributed by atoms with van der Waals surface area (Å²) in [6.07, 6.45) is 0. The van der Waals surface area contributed by atoms with Gasteiger partial charge in [-0.1, -0.05) is 83.1 Å². The van der Waals surface area contributed by atoms with Gasteiger partial charge in [0.1, 0.15) is 0 Å². The quantitative estimate of drug-likeness (QED) is 0.213. The summed E-state index contributed by atoms with van der Waals surface area (Å²) in [6.45, 7) is 29.9. The molecule has 0 saturated carbocycles. The molecular formula is C24H60N3O3PS. The summed E-state index contributed by atoms with van der Waals surface area (Å²) >= 11 is 3.60. The molecule has 0 aliphatic rings. The Morgan fingerprint density at radius 2 is 0.531 bits per heavy atom. The van der Waals surface area contributed by atoms with E-state index in [1.165, 1.54) is 0 Å². The average molecular weight is 502 g/mol. The molecule has 0 aliphatic heterocycles. The van der Waals surface area contributed by atoms with Gasteiger partial charge in [0.25, 0.3) is 0 Å². The fourth-order valence-electron chi connectivity index (χ4n) is 1.98. The van der Waals surface area contributed by atoms with E-state index in [2.05, 4.69) is 111 Å². The Bertz CT molecular complexity index is 327. The van der Waals surface area contributed by atoms with E-state index in [1.807, 2.05) is 0 Å². The molecule has 6 N–H and O–H groups in total. The Hall–Kier alpha value is 0.410. The fourth-order valence-corrected chi connectivity index (χ4v) is 1.98. The van der Waals surface area contributed by atoms with Crippen molar-refractivity contribution in [1.29, 1.82) is 0 Å². The van der Waals surface area contributed by atoms with E-state index in [4.69, 9.17) is 14.7 Å². The minimum absolute atomic E-state index is 0.781. The van der Waals surface area contributed by atoms with Crippen LogP contribution in [0.4, 0.5) is 0 Å². The van der Waals surface area contributed by atoms with Gasteiger partial charge in [0.15, 0.2) is 0 Å². The zero-order valence-corrected chi connectivity index (χ0v) is 25.1. The summed E-state index contributed by atoms with van der Waals surface area (Å²) in [5.74, 6) is 4.69. The molecule has 8 heteroatoms. The summed E-state index contributed by atoms with van der Waals surface area (Å²) in [4.78, 5) is 22.7. The summed E-state index contributed by atoms with van der Waals surface area (Å²) in [6, 6.07) is 0. The molecule has 0 aliphatic carbocycles. The maximum atomic E-state index is 7.56. The molecule has 0 saturated heterocycles. The summed E-state index contributed by atoms with van der Waals surface area (Å²) in [5, 5.41) is 10.2. The van der Waals surface area contributed by atoms with Gasteiger partial charge in [-0.25, -0.2) is 0 Å². The minimum Gasteiger partial charge on any atom is -0.325 e. The largest absolute Gasteiger partial charge is 0.325 e. The average Bonchev–Trinajstić information content (AvgIpc) is 2.52. The molecule has 0 aromatic heterocycles. The summed E-state index contributed by atoms with van der Waals surface area (Å²) in [5.41, 5.74) is 0. The Morgan fingerprint density at radius 3 is 0.594 bits per heavy atom. The molecule has 0 heterocycles. The highest BCUT2D eigenvalue weighted by Crippen LogP contribution is 2.26. The van der Waals surface area contributed by atoms with Crippen LogP contribution in [-0.4, -0.2) is 53.9 Å². The second-order valence-corrected chi connectivity index (χ2v) is 13.3. The molecule has 0 aromatic rings. The first-order valence-corrected chi connectivity index (χ1v) is 14.9. The van der Waals surface area contributed by atoms with E-state index in [9.17, 15) is 0 Å². The van der Waals surface area contributed by atoms with Crippen molar-refractivity contribution in [2.75, 3.05) is 39.3 Å². The highest BCUT2D eigenvalue weighted by Gasteiger charge is 1.95. The lowest BCUT2D eigenvalue weighted by molar-refractivity contribution is 0.363. The molecular weight excluding hydrogens is 441 g/mol. The lowest BCUT2D eigenvalue weighted by Crippen LogP contribution is -2.23. The van der Waals surface area contributed by atoms with Crippen molar-refractivity contribution in [3.63, 3.8) is 0 Å². The molecule has 0 atom stereocenters. The van der Waals surface area contributed by atoms with Gasteiger partial charge in [-0.05, 0) is 86.6 Å². The zero-order valence-electron chi connectivity index (χ0n) is 23.4. The molecule has 0 unspecified atom stereocenters. The first kappa shape index (κ1) is 39.6. The topological polar surface area (TPSA) is 96.8 Å². The number of rotatable bonds is 12. The van der Waals surface area contributed by atoms with Gasteiger partial charge < -0.3 is 30.6 Å². The predicted octanol–water partition coefficient (Wildman–Crippen LogP) is 4.85. The molecule has 32 heavy (non-hydrogen) atoms. The fraction of sp³-hybridized carbons (Fsp3) is 1.00. The van der Waals surface area contributed by atoms with Crippen LogP contribution in [0, 0.1) is 35.5 Å². The second-order valence-electron chi connectivity index (χ2n) is 10.9. The number of hydrogen-bond acceptors (Lipinski definition) is 4. The normalized spacial score (nSPS) is 11.4. The zero-order chi connectivity index (χ0) is 26.3. The Labute approximate surface area is 207 Å². The van der Waals surface area contributed by atoms with Crippen molar-refractivity contribution in [2.24, 2.45) is 35.5 Å². The number of hydrogen-bond donors (Lipinski definition) is 6. The van der Waals surface area contributed by atoms with Crippen molar-refractivity contribution in [1.82, 2.24) is 16.0 Å². The van der Waals surface area contributed by atoms with Gasteiger partial charge in [-0.3, -0.25) is 0 Å². The van der Waals surface area contributed by atoms with Crippen LogP contribution in [0.2, 0.25) is 0 Å². The van der Waals surface area contributed by atoms with Gasteiger partial charge in [-0.2, -0.15) is 0 Å². The molecule has 6 nitrogen and oxygen atoms in total. The van der Waals surface area contributed by atoms with E-state index in [1.54, 1.807) is 0 Å². The Balaban J connectivity index is -0.000000167. The lowest BCUT2D eigenvalue weighted by atomic mass is 10.2. The summed E-state index contributed by atoms with van der Waals surface area (Å²) < 4.78 is 0. The third kappa shape index (κ3) is 77.6. The van der Waals surface area contributed by atoms with Crippen LogP contribution in [0.3, 0.4) is 0 Å². The van der Waals surface area contributed by atoms with E-state index < -0.39 is 6.72 Å². The maximum Gasteiger partial charge on any atom is 0.319 e. The molecule has 200 valence electrons. The van der Waals surface area contributed by atoms with E-state index >= 15 is 0 Å². The van der Waals surface area contributed by atoms with Crippen LogP contribution in [0.5, 0.6) is 0 Å². The van der Waals surface area contributed by atoms with E-state index in [0.717, 1.165) is 74.8 Å². The third-order valence-electron chi connectivity index (χ3n) is 3.32. The van der Waals surface area contributed by atoms with Gasteiger partial charge in [0.2, 0.25) is 0 Å². The van der Waals surface area contributed by atoms with Crippen molar-refractivity contribution in [2.45, 2.75) is 83.1 Å². The minimum atomic E-state index is -3.81. The van der Waals surface area contributed by atoms with Gasteiger partial charge in [0, 0.05) is 0 Å². The molecule has 0 spiro atoms. The molecule has 0 aromatic carbocycles. The van der Waals surface area contributed by atoms with E-state index in [-0.39, 0.29) is 0 Å². The first-order valence-electron chi connectivity index (χ1n) is 12.3. The van der Waals surface area contributed by atoms with Crippen molar-refractivity contribution >= 4 is 18.5 Å². The highest BCUT2D eigenvalue weighted by molar-refractivity contribution is 8.06. The van der Waals surface area contributed by atoms with Crippen molar-refractivity contribution in [3.05, 3.63) is 0 Å². The molecule has 0 rings (SSSR count). The molecule has 0 bridgehead atoms. The summed E-state index contributed by atoms with van der Waals surface area (Å²) in [7, 11) is 0. The van der Waals surface area contributed by atoms with Crippen LogP contribution >= 0.6 is 6.72 Å². The van der Waals surface area contributed by atoms with Crippen LogP contribution in [0.1, 0.15) is 83.1 Å². The second kappa shape index (κ2) is 26.0. The SMILES string of the molecule is CC(C)CNCC(C)C.CC(C)CNCC(C)C.CC(C)CNCC(C)C.OP(O)(O)=S. The third-order valence-corrected chi connectivity index (χ3v) is 3.32. The van der Waals surface area contributed by atoms with Gasteiger partial charge >= 0.3 is 6.72 Å². The highest BCUT2D eigenvalue weighted by atomic mass is 32.5. The Morgan fingerprint density at radius 1 is 0.438 bits per heavy atom. The van der Waals surface area contributed by atoms with Crippen molar-refractivity contribution < 1.29 is 14.7 Å². The Kier molecular flexibility index (Phi) is 32.2. The van der Waals surface area contributed by atoms with Gasteiger partial charge in [-0.15, -0.1) is 0 Å². The van der Waals surface area contributed by atoms with Crippen LogP contribution < -0.4 is 16.0 Å². The molecule has 0 fully saturated rings. The standard InChI is InChI=1S/3C8H19N.H3O3PS/c3*1-7(2)5-9-6-8(3)4;1-4(2,3)5/h3*7-9H,5-6H2,1-4H3;(H3,1,2,3,5). The van der Waals surface area contributed by atoms with Crippen LogP contribution in [0.25, 0.3) is 0 Å². The predicted molar refractivity (Wildman–Crippen MR) is 149 cm³/mol. The first-order chi connectivity index (χ1) is 14.4. The molecule has 0 radical (unpaired) electrons. The number of nitrogens with one attached hydrogen (secondary N) is 3. The van der Waals surface area contributed by atoms with Crippen LogP contribution in [-0.2, 0) is 11.8 Å². The van der Waals surface area contributed by atoms with Gasteiger partial charge in [0.05, 0.1) is 0 Å². The molecule has 0 amide bonds. The van der Waals surface area contributed by atoms with E-state index in [0.29, 0.717) is 0 Å². The smallest absolute Gasteiger partial charge is 0.319 e.